The summed E-state index contributed by atoms with van der Waals surface area (Å²) in [5.74, 6) is -0.204. The molecule has 3 aromatic carbocycles. The lowest BCUT2D eigenvalue weighted by Crippen LogP contribution is -2.59. The van der Waals surface area contributed by atoms with E-state index in [4.69, 9.17) is 14.2 Å². The summed E-state index contributed by atoms with van der Waals surface area (Å²) in [6.45, 7) is 1.15. The van der Waals surface area contributed by atoms with Gasteiger partial charge in [-0.3, -0.25) is 4.90 Å². The Morgan fingerprint density at radius 1 is 0.771 bits per heavy atom. The maximum atomic E-state index is 13.0. The molecule has 5 atom stereocenters. The van der Waals surface area contributed by atoms with E-state index < -0.39 is 12.2 Å². The molecule has 1 aliphatic heterocycles. The first-order chi connectivity index (χ1) is 17.2. The van der Waals surface area contributed by atoms with Gasteiger partial charge in [0.15, 0.2) is 0 Å². The number of ether oxygens (including phenoxy) is 3. The van der Waals surface area contributed by atoms with Gasteiger partial charge in [-0.15, -0.1) is 0 Å². The topological polar surface area (TPSA) is 68.2 Å². The van der Waals surface area contributed by atoms with Crippen molar-refractivity contribution in [3.63, 3.8) is 0 Å². The third-order valence-corrected chi connectivity index (χ3v) is 6.89. The van der Waals surface area contributed by atoms with E-state index in [0.717, 1.165) is 16.7 Å². The lowest BCUT2D eigenvalue weighted by molar-refractivity contribution is -0.168. The van der Waals surface area contributed by atoms with Gasteiger partial charge in [0, 0.05) is 19.1 Å². The van der Waals surface area contributed by atoms with E-state index in [0.29, 0.717) is 26.2 Å². The van der Waals surface area contributed by atoms with E-state index in [9.17, 15) is 9.90 Å². The van der Waals surface area contributed by atoms with Gasteiger partial charge < -0.3 is 19.3 Å². The number of carbonyl (C=O) groups excluding carboxylic acids is 1. The summed E-state index contributed by atoms with van der Waals surface area (Å²) in [5.41, 5.74) is 3.11. The van der Waals surface area contributed by atoms with E-state index in [1.165, 1.54) is 0 Å². The van der Waals surface area contributed by atoms with Gasteiger partial charge in [0.1, 0.15) is 18.2 Å². The van der Waals surface area contributed by atoms with Crippen LogP contribution in [0.1, 0.15) is 23.1 Å². The van der Waals surface area contributed by atoms with Crippen LogP contribution in [0.25, 0.3) is 0 Å². The van der Waals surface area contributed by atoms with Crippen molar-refractivity contribution in [1.82, 2.24) is 4.90 Å². The highest BCUT2D eigenvalue weighted by Gasteiger charge is 2.55. The van der Waals surface area contributed by atoms with E-state index in [1.807, 2.05) is 91.0 Å². The highest BCUT2D eigenvalue weighted by molar-refractivity contribution is 5.71. The van der Waals surface area contributed by atoms with Crippen molar-refractivity contribution < 1.29 is 24.1 Å². The number of amides is 1. The molecule has 6 heteroatoms. The van der Waals surface area contributed by atoms with Gasteiger partial charge in [0.25, 0.3) is 0 Å². The number of nitrogens with zero attached hydrogens (tertiary/aromatic N) is 1. The number of hydrogen-bond donors (Lipinski definition) is 1. The second-order valence-electron chi connectivity index (χ2n) is 9.23. The summed E-state index contributed by atoms with van der Waals surface area (Å²) in [7, 11) is 0. The van der Waals surface area contributed by atoms with E-state index in [-0.39, 0.29) is 30.8 Å². The van der Waals surface area contributed by atoms with Gasteiger partial charge in [0.05, 0.1) is 19.3 Å². The third kappa shape index (κ3) is 5.40. The standard InChI is InChI=1S/C29H31NO5/c31-18-24-16-25-26(30(29(32)35-25)17-21-10-4-1-5-11-21)28(34-20-23-14-8-3-9-15-23)27(24)33-19-22-12-6-2-7-13-22/h1-15,24-28,31H,16-20H2/t24-,25-,26-,27+,28+/m0/s1. The first kappa shape index (κ1) is 23.5. The summed E-state index contributed by atoms with van der Waals surface area (Å²) >= 11 is 0. The Labute approximate surface area is 206 Å². The van der Waals surface area contributed by atoms with E-state index in [1.54, 1.807) is 4.90 Å². The molecule has 0 radical (unpaired) electrons. The Morgan fingerprint density at radius 2 is 1.29 bits per heavy atom. The number of hydrogen-bond acceptors (Lipinski definition) is 5. The molecule has 2 fully saturated rings. The zero-order valence-corrected chi connectivity index (χ0v) is 19.6. The molecule has 0 unspecified atom stereocenters. The van der Waals surface area contributed by atoms with Crippen LogP contribution in [0.2, 0.25) is 0 Å². The molecule has 3 aromatic rings. The van der Waals surface area contributed by atoms with Crippen molar-refractivity contribution in [2.24, 2.45) is 5.92 Å². The third-order valence-electron chi connectivity index (χ3n) is 6.89. The molecule has 6 nitrogen and oxygen atoms in total. The predicted octanol–water partition coefficient (Wildman–Crippen LogP) is 4.56. The van der Waals surface area contributed by atoms with Crippen LogP contribution in [0.15, 0.2) is 91.0 Å². The van der Waals surface area contributed by atoms with Gasteiger partial charge in [0.2, 0.25) is 0 Å². The monoisotopic (exact) mass is 473 g/mol. The number of carbonyl (C=O) groups is 1. The number of aliphatic hydroxyl groups excluding tert-OH is 1. The molecular formula is C29H31NO5. The molecule has 1 heterocycles. The van der Waals surface area contributed by atoms with Crippen molar-refractivity contribution in [2.75, 3.05) is 6.61 Å². The maximum Gasteiger partial charge on any atom is 0.410 e. The Hall–Kier alpha value is -3.19. The lowest BCUT2D eigenvalue weighted by Gasteiger charge is -2.44. The highest BCUT2D eigenvalue weighted by atomic mass is 16.6. The fraction of sp³-hybridized carbons (Fsp3) is 0.345. The zero-order chi connectivity index (χ0) is 24.0. The molecule has 2 aliphatic rings. The molecule has 182 valence electrons. The minimum absolute atomic E-state index is 0.0654. The first-order valence-electron chi connectivity index (χ1n) is 12.2. The lowest BCUT2D eigenvalue weighted by atomic mass is 9.79. The van der Waals surface area contributed by atoms with Crippen molar-refractivity contribution >= 4 is 6.09 Å². The van der Waals surface area contributed by atoms with Crippen LogP contribution < -0.4 is 0 Å². The molecule has 1 saturated heterocycles. The summed E-state index contributed by atoms with van der Waals surface area (Å²) in [4.78, 5) is 14.8. The number of benzene rings is 3. The number of rotatable bonds is 9. The average Bonchev–Trinajstić information content (AvgIpc) is 3.22. The maximum absolute atomic E-state index is 13.0. The molecule has 1 amide bonds. The average molecular weight is 474 g/mol. The fourth-order valence-corrected chi connectivity index (χ4v) is 5.15. The van der Waals surface area contributed by atoms with Gasteiger partial charge >= 0.3 is 6.09 Å². The minimum Gasteiger partial charge on any atom is -0.444 e. The van der Waals surface area contributed by atoms with Gasteiger partial charge in [-0.25, -0.2) is 4.79 Å². The Morgan fingerprint density at radius 3 is 1.83 bits per heavy atom. The second-order valence-corrected chi connectivity index (χ2v) is 9.23. The van der Waals surface area contributed by atoms with Crippen molar-refractivity contribution in [3.8, 4) is 0 Å². The Kier molecular flexibility index (Phi) is 7.42. The number of fused-ring (bicyclic) bond motifs is 1. The van der Waals surface area contributed by atoms with Crippen LogP contribution in [0.5, 0.6) is 0 Å². The van der Waals surface area contributed by atoms with Crippen LogP contribution in [-0.2, 0) is 34.0 Å². The highest BCUT2D eigenvalue weighted by Crippen LogP contribution is 2.39. The van der Waals surface area contributed by atoms with E-state index >= 15 is 0 Å². The molecule has 5 rings (SSSR count). The van der Waals surface area contributed by atoms with Crippen LogP contribution >= 0.6 is 0 Å². The van der Waals surface area contributed by atoms with Crippen LogP contribution in [0, 0.1) is 5.92 Å². The van der Waals surface area contributed by atoms with Crippen molar-refractivity contribution in [2.45, 2.75) is 50.5 Å². The molecule has 1 saturated carbocycles. The van der Waals surface area contributed by atoms with Gasteiger partial charge in [-0.1, -0.05) is 91.0 Å². The summed E-state index contributed by atoms with van der Waals surface area (Å²) < 4.78 is 18.8. The smallest absolute Gasteiger partial charge is 0.410 e. The van der Waals surface area contributed by atoms with Gasteiger partial charge in [-0.2, -0.15) is 0 Å². The summed E-state index contributed by atoms with van der Waals surface area (Å²) in [5, 5.41) is 10.3. The Balaban J connectivity index is 1.43. The Bertz CT molecular complexity index is 1080. The molecule has 0 bridgehead atoms. The molecule has 1 N–H and O–H groups in total. The predicted molar refractivity (Wildman–Crippen MR) is 131 cm³/mol. The molecule has 0 spiro atoms. The minimum atomic E-state index is -0.454. The summed E-state index contributed by atoms with van der Waals surface area (Å²) in [6.07, 6.45) is -1.02. The quantitative estimate of drug-likeness (QED) is 0.494. The van der Waals surface area contributed by atoms with Crippen molar-refractivity contribution in [3.05, 3.63) is 108 Å². The van der Waals surface area contributed by atoms with E-state index in [2.05, 4.69) is 0 Å². The van der Waals surface area contributed by atoms with Crippen LogP contribution in [0.3, 0.4) is 0 Å². The normalized spacial score (nSPS) is 25.8. The van der Waals surface area contributed by atoms with Crippen LogP contribution in [0.4, 0.5) is 4.79 Å². The van der Waals surface area contributed by atoms with Gasteiger partial charge in [-0.05, 0) is 23.1 Å². The van der Waals surface area contributed by atoms with Crippen molar-refractivity contribution in [1.29, 1.82) is 0 Å². The largest absolute Gasteiger partial charge is 0.444 e. The summed E-state index contributed by atoms with van der Waals surface area (Å²) in [6, 6.07) is 29.5. The second kappa shape index (κ2) is 11.0. The fourth-order valence-electron chi connectivity index (χ4n) is 5.15. The molecule has 0 aromatic heterocycles. The molecule has 35 heavy (non-hydrogen) atoms. The zero-order valence-electron chi connectivity index (χ0n) is 19.6. The van der Waals surface area contributed by atoms with Crippen LogP contribution in [-0.4, -0.2) is 47.1 Å². The first-order valence-corrected chi connectivity index (χ1v) is 12.2. The molecular weight excluding hydrogens is 442 g/mol. The molecule has 1 aliphatic carbocycles. The number of aliphatic hydroxyl groups is 1. The SMILES string of the molecule is O=C1O[C@H]2C[C@@H](CO)[C@@H](OCc3ccccc3)[C@H](OCc3ccccc3)[C@H]2N1Cc1ccccc1.